The summed E-state index contributed by atoms with van der Waals surface area (Å²) < 4.78 is 2.78. The van der Waals surface area contributed by atoms with Gasteiger partial charge in [0.05, 0.1) is 8.07 Å². The van der Waals surface area contributed by atoms with Crippen molar-refractivity contribution in [3.63, 3.8) is 0 Å². The highest BCUT2D eigenvalue weighted by molar-refractivity contribution is 7.97. The Morgan fingerprint density at radius 1 is 0.957 bits per heavy atom. The molecule has 6 heteroatoms. The molecule has 130 valence electrons. The Morgan fingerprint density at radius 3 is 1.78 bits per heavy atom. The highest BCUT2D eigenvalue weighted by Crippen LogP contribution is 2.23. The zero-order valence-corrected chi connectivity index (χ0v) is 20.1. The lowest BCUT2D eigenvalue weighted by molar-refractivity contribution is 0.109. The van der Waals surface area contributed by atoms with E-state index in [1.54, 1.807) is 0 Å². The molecular weight excluding hydrogens is 351 g/mol. The fourth-order valence-corrected chi connectivity index (χ4v) is 14.4. The van der Waals surface area contributed by atoms with Gasteiger partial charge in [-0.05, 0) is 10.8 Å². The van der Waals surface area contributed by atoms with E-state index < -0.39 is 24.5 Å². The first-order chi connectivity index (χ1) is 10.1. The molecule has 23 heavy (non-hydrogen) atoms. The van der Waals surface area contributed by atoms with Crippen molar-refractivity contribution in [3.8, 4) is 0 Å². The molecular formula is C17H33NOSSi3. The van der Waals surface area contributed by atoms with Crippen LogP contribution < -0.4 is 5.19 Å². The molecule has 0 aliphatic carbocycles. The maximum Gasteiger partial charge on any atom is 0.216 e. The summed E-state index contributed by atoms with van der Waals surface area (Å²) in [6.45, 7) is 22.4. The van der Waals surface area contributed by atoms with E-state index in [1.807, 2.05) is 6.07 Å². The molecule has 1 aromatic carbocycles. The second-order valence-corrected chi connectivity index (χ2v) is 25.0. The lowest BCUT2D eigenvalue weighted by Gasteiger charge is -2.43. The third-order valence-corrected chi connectivity index (χ3v) is 13.9. The van der Waals surface area contributed by atoms with E-state index >= 15 is 0 Å². The number of thiol groups is 1. The van der Waals surface area contributed by atoms with E-state index in [0.717, 1.165) is 12.1 Å². The Hall–Kier alpha value is -0.149. The van der Waals surface area contributed by atoms with Crippen LogP contribution in [0.25, 0.3) is 0 Å². The second kappa shape index (κ2) is 7.00. The average molecular weight is 384 g/mol. The summed E-state index contributed by atoms with van der Waals surface area (Å²) in [4.78, 5) is 11.9. The van der Waals surface area contributed by atoms with Gasteiger partial charge in [0.15, 0.2) is 0 Å². The molecule has 1 aromatic rings. The topological polar surface area (TPSA) is 20.3 Å². The number of nitrogens with zero attached hydrogens (tertiary/aromatic N) is 1. The number of hydrogen-bond acceptors (Lipinski definition) is 2. The molecule has 0 aliphatic rings. The van der Waals surface area contributed by atoms with Crippen LogP contribution in [0.3, 0.4) is 0 Å². The maximum absolute atomic E-state index is 11.9. The maximum atomic E-state index is 11.9. The van der Waals surface area contributed by atoms with Crippen molar-refractivity contribution in [2.24, 2.45) is 0 Å². The van der Waals surface area contributed by atoms with Crippen molar-refractivity contribution in [1.29, 1.82) is 0 Å². The molecule has 0 heterocycles. The highest BCUT2D eigenvalue weighted by atomic mass is 32.1. The fourth-order valence-electron chi connectivity index (χ4n) is 3.16. The van der Waals surface area contributed by atoms with E-state index in [-0.39, 0.29) is 5.12 Å². The Kier molecular flexibility index (Phi) is 6.35. The second-order valence-electron chi connectivity index (χ2n) is 9.36. The molecule has 0 unspecified atom stereocenters. The minimum atomic E-state index is -1.58. The van der Waals surface area contributed by atoms with Gasteiger partial charge < -0.3 is 4.23 Å². The minimum Gasteiger partial charge on any atom is -0.342 e. The van der Waals surface area contributed by atoms with Crippen molar-refractivity contribution in [1.82, 2.24) is 4.23 Å². The van der Waals surface area contributed by atoms with E-state index in [2.05, 4.69) is 87.9 Å². The molecule has 0 spiro atoms. The molecule has 0 saturated heterocycles. The first-order valence-corrected chi connectivity index (χ1v) is 19.1. The third kappa shape index (κ3) is 5.70. The smallest absolute Gasteiger partial charge is 0.216 e. The molecule has 2 nitrogen and oxygen atoms in total. The summed E-state index contributed by atoms with van der Waals surface area (Å²) in [5.74, 6) is 0. The molecule has 0 radical (unpaired) electrons. The summed E-state index contributed by atoms with van der Waals surface area (Å²) in [6, 6.07) is 6.40. The predicted octanol–water partition coefficient (Wildman–Crippen LogP) is 4.77. The molecule has 0 N–H and O–H groups in total. The van der Waals surface area contributed by atoms with Crippen LogP contribution in [0.15, 0.2) is 18.2 Å². The summed E-state index contributed by atoms with van der Waals surface area (Å²) in [7, 11) is -4.34. The van der Waals surface area contributed by atoms with Crippen LogP contribution >= 0.6 is 12.6 Å². The van der Waals surface area contributed by atoms with Crippen LogP contribution in [0.5, 0.6) is 0 Å². The number of hydrogen-bond donors (Lipinski definition) is 1. The van der Waals surface area contributed by atoms with Crippen molar-refractivity contribution < 1.29 is 4.79 Å². The van der Waals surface area contributed by atoms with Gasteiger partial charge in [0.2, 0.25) is 5.12 Å². The van der Waals surface area contributed by atoms with Gasteiger partial charge in [0, 0.05) is 12.1 Å². The Morgan fingerprint density at radius 2 is 1.43 bits per heavy atom. The van der Waals surface area contributed by atoms with E-state index in [4.69, 9.17) is 0 Å². The molecule has 0 aromatic heterocycles. The van der Waals surface area contributed by atoms with Crippen LogP contribution in [-0.2, 0) is 6.54 Å². The Balaban J connectivity index is 3.32. The summed E-state index contributed by atoms with van der Waals surface area (Å²) >= 11 is 4.07. The molecule has 1 rings (SSSR count). The summed E-state index contributed by atoms with van der Waals surface area (Å²) in [5, 5.41) is 1.13. The third-order valence-electron chi connectivity index (χ3n) is 4.08. The lowest BCUT2D eigenvalue weighted by Crippen LogP contribution is -2.58. The van der Waals surface area contributed by atoms with Gasteiger partial charge in [-0.15, -0.1) is 12.6 Å². The number of carbonyl (C=O) groups is 1. The van der Waals surface area contributed by atoms with Gasteiger partial charge in [-0.3, -0.25) is 4.79 Å². The van der Waals surface area contributed by atoms with Gasteiger partial charge in [-0.1, -0.05) is 77.1 Å². The predicted molar refractivity (Wildman–Crippen MR) is 115 cm³/mol. The Bertz CT molecular complexity index is 569. The zero-order chi connectivity index (χ0) is 18.2. The fraction of sp³-hybridized carbons (Fsp3) is 0.588. The minimum absolute atomic E-state index is 0.110. The van der Waals surface area contributed by atoms with Gasteiger partial charge >= 0.3 is 0 Å². The molecule has 0 aliphatic heterocycles. The molecule has 0 amide bonds. The molecule has 0 fully saturated rings. The molecule has 0 bridgehead atoms. The SMILES string of the molecule is C[Si](C)(C)c1cc(CN([Si](C)(C)C)[Si](C)(C)C)ccc1C(=O)S. The highest BCUT2D eigenvalue weighted by Gasteiger charge is 2.34. The summed E-state index contributed by atoms with van der Waals surface area (Å²) in [6.07, 6.45) is 0. The number of benzene rings is 1. The van der Waals surface area contributed by atoms with E-state index in [1.165, 1.54) is 10.8 Å². The van der Waals surface area contributed by atoms with Crippen LogP contribution in [-0.4, -0.2) is 33.9 Å². The number of rotatable bonds is 6. The normalized spacial score (nSPS) is 13.5. The molecule has 0 saturated carbocycles. The van der Waals surface area contributed by atoms with Gasteiger partial charge in [-0.2, -0.15) is 0 Å². The standard InChI is InChI=1S/C17H33NOSSi3/c1-21(2,3)16-12-14(10-11-15(16)17(19)20)13-18(22(4,5)6)23(7,8)9/h10-12H,13H2,1-9H3,(H,19,20). The first-order valence-electron chi connectivity index (χ1n) is 8.28. The van der Waals surface area contributed by atoms with Crippen molar-refractivity contribution in [2.45, 2.75) is 65.5 Å². The van der Waals surface area contributed by atoms with Crippen LogP contribution in [0.4, 0.5) is 0 Å². The monoisotopic (exact) mass is 383 g/mol. The van der Waals surface area contributed by atoms with Crippen LogP contribution in [0.2, 0.25) is 58.9 Å². The van der Waals surface area contributed by atoms with E-state index in [0.29, 0.717) is 0 Å². The first kappa shape index (κ1) is 20.9. The zero-order valence-electron chi connectivity index (χ0n) is 16.2. The Labute approximate surface area is 151 Å². The van der Waals surface area contributed by atoms with Crippen LogP contribution in [0, 0.1) is 0 Å². The quantitative estimate of drug-likeness (QED) is 0.564. The van der Waals surface area contributed by atoms with Gasteiger partial charge in [-0.25, -0.2) is 0 Å². The van der Waals surface area contributed by atoms with Gasteiger partial charge in [0.25, 0.3) is 0 Å². The largest absolute Gasteiger partial charge is 0.342 e. The average Bonchev–Trinajstić information content (AvgIpc) is 2.31. The van der Waals surface area contributed by atoms with E-state index in [9.17, 15) is 4.79 Å². The van der Waals surface area contributed by atoms with Crippen molar-refractivity contribution >= 4 is 47.5 Å². The molecule has 0 atom stereocenters. The lowest BCUT2D eigenvalue weighted by atomic mass is 10.1. The number of carbonyl (C=O) groups excluding carboxylic acids is 1. The van der Waals surface area contributed by atoms with Gasteiger partial charge in [0.1, 0.15) is 16.5 Å². The van der Waals surface area contributed by atoms with Crippen molar-refractivity contribution in [3.05, 3.63) is 29.3 Å². The summed E-state index contributed by atoms with van der Waals surface area (Å²) in [5.41, 5.74) is 2.13. The van der Waals surface area contributed by atoms with Crippen LogP contribution in [0.1, 0.15) is 15.9 Å². The van der Waals surface area contributed by atoms with Crippen molar-refractivity contribution in [2.75, 3.05) is 0 Å².